The molecule has 0 spiro atoms. The summed E-state index contributed by atoms with van der Waals surface area (Å²) in [7, 11) is -1.55. The molecule has 1 aliphatic heterocycles. The van der Waals surface area contributed by atoms with Crippen LogP contribution in [0.15, 0.2) is 0 Å². The first kappa shape index (κ1) is 15.7. The maximum atomic E-state index is 11.9. The van der Waals surface area contributed by atoms with E-state index in [9.17, 15) is 18.0 Å². The van der Waals surface area contributed by atoms with Crippen molar-refractivity contribution in [3.8, 4) is 0 Å². The topological polar surface area (TPSA) is 95.0 Å². The molecule has 110 valence electrons. The molecule has 1 fully saturated rings. The van der Waals surface area contributed by atoms with Gasteiger partial charge in [-0.2, -0.15) is 0 Å². The van der Waals surface area contributed by atoms with Gasteiger partial charge in [-0.15, -0.1) is 0 Å². The highest BCUT2D eigenvalue weighted by Crippen LogP contribution is 2.24. The Bertz CT molecular complexity index is 456. The van der Waals surface area contributed by atoms with E-state index in [2.05, 4.69) is 0 Å². The highest BCUT2D eigenvalue weighted by atomic mass is 32.2. The summed E-state index contributed by atoms with van der Waals surface area (Å²) in [5, 5.41) is 8.84. The van der Waals surface area contributed by atoms with Crippen LogP contribution in [0.1, 0.15) is 6.92 Å². The Balaban J connectivity index is 2.39. The van der Waals surface area contributed by atoms with Crippen LogP contribution in [0, 0.1) is 11.8 Å². The molecule has 0 radical (unpaired) electrons. The lowest BCUT2D eigenvalue weighted by molar-refractivity contribution is -0.144. The van der Waals surface area contributed by atoms with Crippen molar-refractivity contribution < 1.29 is 23.1 Å². The molecule has 0 saturated carbocycles. The van der Waals surface area contributed by atoms with Gasteiger partial charge in [0, 0.05) is 38.9 Å². The van der Waals surface area contributed by atoms with Crippen LogP contribution in [-0.2, 0) is 14.6 Å². The summed E-state index contributed by atoms with van der Waals surface area (Å²) in [6.07, 6.45) is 1.12. The number of hydrogen-bond donors (Lipinski definition) is 1. The molecule has 0 aliphatic carbocycles. The number of carboxylic acid groups (broad SMARTS) is 1. The predicted octanol–water partition coefficient (Wildman–Crippen LogP) is -0.265. The van der Waals surface area contributed by atoms with E-state index in [-0.39, 0.29) is 24.2 Å². The van der Waals surface area contributed by atoms with E-state index in [1.54, 1.807) is 14.0 Å². The fourth-order valence-electron chi connectivity index (χ4n) is 1.83. The first-order valence-corrected chi connectivity index (χ1v) is 8.08. The lowest BCUT2D eigenvalue weighted by Gasteiger charge is -2.42. The minimum Gasteiger partial charge on any atom is -0.481 e. The van der Waals surface area contributed by atoms with Gasteiger partial charge in [0.2, 0.25) is 0 Å². The lowest BCUT2D eigenvalue weighted by Crippen LogP contribution is -2.57. The van der Waals surface area contributed by atoms with Crippen LogP contribution in [0.4, 0.5) is 4.79 Å². The third kappa shape index (κ3) is 4.38. The van der Waals surface area contributed by atoms with E-state index in [1.807, 2.05) is 0 Å². The minimum atomic E-state index is -3.09. The number of amides is 2. The summed E-state index contributed by atoms with van der Waals surface area (Å²) < 4.78 is 22.0. The molecule has 1 aliphatic rings. The predicted molar refractivity (Wildman–Crippen MR) is 69.6 cm³/mol. The fraction of sp³-hybridized carbons (Fsp3) is 0.818. The lowest BCUT2D eigenvalue weighted by atomic mass is 9.87. The zero-order chi connectivity index (χ0) is 14.8. The number of aliphatic carboxylic acids is 1. The van der Waals surface area contributed by atoms with Gasteiger partial charge < -0.3 is 14.9 Å². The molecular formula is C11H20N2O5S. The van der Waals surface area contributed by atoms with E-state index < -0.39 is 21.7 Å². The van der Waals surface area contributed by atoms with Gasteiger partial charge in [-0.25, -0.2) is 13.2 Å². The highest BCUT2D eigenvalue weighted by molar-refractivity contribution is 7.90. The highest BCUT2D eigenvalue weighted by Gasteiger charge is 2.38. The molecule has 1 atom stereocenters. The van der Waals surface area contributed by atoms with Crippen LogP contribution < -0.4 is 0 Å². The van der Waals surface area contributed by atoms with Crippen molar-refractivity contribution in [1.82, 2.24) is 9.80 Å². The summed E-state index contributed by atoms with van der Waals surface area (Å²) in [4.78, 5) is 25.6. The summed E-state index contributed by atoms with van der Waals surface area (Å²) in [5.74, 6) is -1.42. The molecule has 19 heavy (non-hydrogen) atoms. The molecule has 7 nitrogen and oxygen atoms in total. The number of hydrogen-bond acceptors (Lipinski definition) is 4. The molecule has 0 bridgehead atoms. The van der Waals surface area contributed by atoms with Crippen LogP contribution in [0.2, 0.25) is 0 Å². The van der Waals surface area contributed by atoms with E-state index in [4.69, 9.17) is 5.11 Å². The largest absolute Gasteiger partial charge is 0.481 e. The molecule has 1 heterocycles. The van der Waals surface area contributed by atoms with Crippen molar-refractivity contribution in [2.45, 2.75) is 6.92 Å². The summed E-state index contributed by atoms with van der Waals surface area (Å²) in [6.45, 7) is 2.60. The Labute approximate surface area is 113 Å². The Morgan fingerprint density at radius 2 is 1.95 bits per heavy atom. The van der Waals surface area contributed by atoms with Gasteiger partial charge in [-0.1, -0.05) is 6.92 Å². The maximum Gasteiger partial charge on any atom is 0.319 e. The van der Waals surface area contributed by atoms with Crippen molar-refractivity contribution in [3.63, 3.8) is 0 Å². The van der Waals surface area contributed by atoms with E-state index in [0.29, 0.717) is 13.1 Å². The Morgan fingerprint density at radius 1 is 1.42 bits per heavy atom. The average Bonchev–Trinajstić information content (AvgIpc) is 2.22. The van der Waals surface area contributed by atoms with Gasteiger partial charge >= 0.3 is 12.0 Å². The van der Waals surface area contributed by atoms with Crippen molar-refractivity contribution in [2.24, 2.45) is 11.8 Å². The first-order chi connectivity index (χ1) is 8.61. The number of nitrogens with zero attached hydrogens (tertiary/aromatic N) is 2. The molecule has 0 aromatic heterocycles. The van der Waals surface area contributed by atoms with Crippen molar-refractivity contribution in [2.75, 3.05) is 38.7 Å². The zero-order valence-corrected chi connectivity index (χ0v) is 12.2. The second-order valence-electron chi connectivity index (χ2n) is 5.13. The SMILES string of the molecule is CC(C(=O)O)C1CN(C(=O)N(C)CCS(C)(=O)=O)C1. The van der Waals surface area contributed by atoms with Gasteiger partial charge in [0.05, 0.1) is 11.7 Å². The second-order valence-corrected chi connectivity index (χ2v) is 7.39. The summed E-state index contributed by atoms with van der Waals surface area (Å²) >= 11 is 0. The van der Waals surface area contributed by atoms with Gasteiger partial charge in [-0.05, 0) is 0 Å². The first-order valence-electron chi connectivity index (χ1n) is 6.02. The fourth-order valence-corrected chi connectivity index (χ4v) is 2.43. The number of carbonyl (C=O) groups is 2. The smallest absolute Gasteiger partial charge is 0.319 e. The molecule has 1 saturated heterocycles. The minimum absolute atomic E-state index is 0.0234. The third-order valence-electron chi connectivity index (χ3n) is 3.40. The van der Waals surface area contributed by atoms with Crippen molar-refractivity contribution >= 4 is 21.8 Å². The van der Waals surface area contributed by atoms with Gasteiger partial charge in [0.15, 0.2) is 0 Å². The number of carbonyl (C=O) groups excluding carboxylic acids is 1. The average molecular weight is 292 g/mol. The van der Waals surface area contributed by atoms with Crippen molar-refractivity contribution in [1.29, 1.82) is 0 Å². The van der Waals surface area contributed by atoms with E-state index in [1.165, 1.54) is 9.80 Å². The molecule has 0 aromatic carbocycles. The molecule has 0 aromatic rings. The molecule has 8 heteroatoms. The van der Waals surface area contributed by atoms with Crippen molar-refractivity contribution in [3.05, 3.63) is 0 Å². The van der Waals surface area contributed by atoms with Gasteiger partial charge in [0.25, 0.3) is 0 Å². The third-order valence-corrected chi connectivity index (χ3v) is 4.33. The standard InChI is InChI=1S/C11H20N2O5S/c1-8(10(14)15)9-6-13(7-9)11(16)12(2)4-5-19(3,17)18/h8-9H,4-7H2,1-3H3,(H,14,15). The number of likely N-dealkylation sites (tertiary alicyclic amines) is 1. The van der Waals surface area contributed by atoms with Crippen LogP contribution in [0.25, 0.3) is 0 Å². The Morgan fingerprint density at radius 3 is 2.37 bits per heavy atom. The quantitative estimate of drug-likeness (QED) is 0.753. The number of sulfone groups is 1. The van der Waals surface area contributed by atoms with Gasteiger partial charge in [0.1, 0.15) is 9.84 Å². The number of urea groups is 1. The summed E-state index contributed by atoms with van der Waals surface area (Å²) in [5.41, 5.74) is 0. The van der Waals surface area contributed by atoms with Crippen LogP contribution in [0.5, 0.6) is 0 Å². The molecule has 1 N–H and O–H groups in total. The van der Waals surface area contributed by atoms with Crippen LogP contribution in [-0.4, -0.2) is 74.0 Å². The normalized spacial score (nSPS) is 17.7. The Kier molecular flexibility index (Phi) is 4.78. The van der Waals surface area contributed by atoms with E-state index >= 15 is 0 Å². The monoisotopic (exact) mass is 292 g/mol. The molecule has 2 amide bonds. The van der Waals surface area contributed by atoms with Crippen LogP contribution in [0.3, 0.4) is 0 Å². The second kappa shape index (κ2) is 5.77. The zero-order valence-electron chi connectivity index (χ0n) is 11.4. The number of rotatable bonds is 5. The van der Waals surface area contributed by atoms with Crippen LogP contribution >= 0.6 is 0 Å². The maximum absolute atomic E-state index is 11.9. The Hall–Kier alpha value is -1.31. The molecule has 1 rings (SSSR count). The van der Waals surface area contributed by atoms with E-state index in [0.717, 1.165) is 6.26 Å². The molecule has 1 unspecified atom stereocenters. The molecular weight excluding hydrogens is 272 g/mol. The summed E-state index contributed by atoms with van der Waals surface area (Å²) in [6, 6.07) is -0.252. The van der Waals surface area contributed by atoms with Gasteiger partial charge in [-0.3, -0.25) is 4.79 Å². The number of carboxylic acids is 1.